The number of ether oxygens (including phenoxy) is 2. The summed E-state index contributed by atoms with van der Waals surface area (Å²) in [7, 11) is 1.57. The summed E-state index contributed by atoms with van der Waals surface area (Å²) >= 11 is 1.46. The predicted molar refractivity (Wildman–Crippen MR) is 112 cm³/mol. The topological polar surface area (TPSA) is 76.1 Å². The number of hydrogen-bond acceptors (Lipinski definition) is 5. The number of carboxylic acids is 1. The molecule has 0 spiro atoms. The van der Waals surface area contributed by atoms with Crippen LogP contribution in [0.15, 0.2) is 48.5 Å². The molecule has 2 aromatic carbocycles. The van der Waals surface area contributed by atoms with Gasteiger partial charge in [0.15, 0.2) is 11.5 Å². The molecule has 1 fully saturated rings. The highest BCUT2D eigenvalue weighted by atomic mass is 32.2. The molecule has 0 aromatic heterocycles. The van der Waals surface area contributed by atoms with E-state index < -0.39 is 12.0 Å². The SMILES string of the molecule is CCCC(=O)N1C(C(=O)O)CSC1c1ccc(OCc2ccccc2)c(OC)c1. The summed E-state index contributed by atoms with van der Waals surface area (Å²) in [6.45, 7) is 2.32. The summed E-state index contributed by atoms with van der Waals surface area (Å²) in [4.78, 5) is 25.8. The molecular formula is C22H25NO5S. The van der Waals surface area contributed by atoms with Crippen LogP contribution in [0.5, 0.6) is 11.5 Å². The molecule has 1 saturated heterocycles. The Morgan fingerprint density at radius 3 is 2.59 bits per heavy atom. The van der Waals surface area contributed by atoms with E-state index in [1.807, 2.05) is 55.5 Å². The van der Waals surface area contributed by atoms with Crippen LogP contribution in [-0.2, 0) is 16.2 Å². The first-order chi connectivity index (χ1) is 14.0. The zero-order valence-corrected chi connectivity index (χ0v) is 17.4. The van der Waals surface area contributed by atoms with E-state index >= 15 is 0 Å². The molecule has 1 aliphatic heterocycles. The molecule has 1 aliphatic rings. The van der Waals surface area contributed by atoms with Gasteiger partial charge in [0.1, 0.15) is 18.0 Å². The van der Waals surface area contributed by atoms with Gasteiger partial charge in [-0.1, -0.05) is 43.3 Å². The highest BCUT2D eigenvalue weighted by molar-refractivity contribution is 7.99. The van der Waals surface area contributed by atoms with Crippen LogP contribution in [0.4, 0.5) is 0 Å². The lowest BCUT2D eigenvalue weighted by atomic mass is 10.1. The quantitative estimate of drug-likeness (QED) is 0.700. The van der Waals surface area contributed by atoms with Gasteiger partial charge in [-0.15, -0.1) is 11.8 Å². The average molecular weight is 416 g/mol. The Hall–Kier alpha value is -2.67. The van der Waals surface area contributed by atoms with Gasteiger partial charge in [0.25, 0.3) is 0 Å². The number of thioether (sulfide) groups is 1. The molecule has 29 heavy (non-hydrogen) atoms. The zero-order valence-electron chi connectivity index (χ0n) is 16.5. The van der Waals surface area contributed by atoms with Crippen molar-refractivity contribution in [2.75, 3.05) is 12.9 Å². The van der Waals surface area contributed by atoms with Gasteiger partial charge in [-0.2, -0.15) is 0 Å². The summed E-state index contributed by atoms with van der Waals surface area (Å²) in [5.74, 6) is 0.409. The highest BCUT2D eigenvalue weighted by Crippen LogP contribution is 2.44. The number of carbonyl (C=O) groups is 2. The number of benzene rings is 2. The Morgan fingerprint density at radius 1 is 1.17 bits per heavy atom. The third kappa shape index (κ3) is 4.85. The van der Waals surface area contributed by atoms with E-state index in [0.717, 1.165) is 11.1 Å². The van der Waals surface area contributed by atoms with Crippen molar-refractivity contribution in [1.82, 2.24) is 4.90 Å². The van der Waals surface area contributed by atoms with Crippen molar-refractivity contribution in [2.45, 2.75) is 37.8 Å². The minimum Gasteiger partial charge on any atom is -0.493 e. The van der Waals surface area contributed by atoms with Crippen LogP contribution in [0.2, 0.25) is 0 Å². The molecule has 0 aliphatic carbocycles. The lowest BCUT2D eigenvalue weighted by molar-refractivity contribution is -0.149. The Labute approximate surface area is 174 Å². The number of carboxylic acid groups (broad SMARTS) is 1. The van der Waals surface area contributed by atoms with Gasteiger partial charge in [-0.05, 0) is 29.7 Å². The molecule has 0 bridgehead atoms. The molecular weight excluding hydrogens is 390 g/mol. The average Bonchev–Trinajstić information content (AvgIpc) is 3.18. The normalized spacial score (nSPS) is 18.5. The molecule has 6 nitrogen and oxygen atoms in total. The molecule has 1 N–H and O–H groups in total. The van der Waals surface area contributed by atoms with Crippen molar-refractivity contribution < 1.29 is 24.2 Å². The van der Waals surface area contributed by atoms with E-state index in [9.17, 15) is 14.7 Å². The van der Waals surface area contributed by atoms with Crippen molar-refractivity contribution in [3.63, 3.8) is 0 Å². The molecule has 2 atom stereocenters. The highest BCUT2D eigenvalue weighted by Gasteiger charge is 2.42. The smallest absolute Gasteiger partial charge is 0.327 e. The molecule has 3 rings (SSSR count). The Balaban J connectivity index is 1.82. The number of methoxy groups -OCH3 is 1. The van der Waals surface area contributed by atoms with E-state index in [1.165, 1.54) is 16.7 Å². The summed E-state index contributed by atoms with van der Waals surface area (Å²) in [6, 6.07) is 14.5. The summed E-state index contributed by atoms with van der Waals surface area (Å²) in [6.07, 6.45) is 1.00. The number of aliphatic carboxylic acids is 1. The number of carbonyl (C=O) groups excluding carboxylic acids is 1. The summed E-state index contributed by atoms with van der Waals surface area (Å²) < 4.78 is 11.4. The van der Waals surface area contributed by atoms with Gasteiger partial charge >= 0.3 is 5.97 Å². The number of rotatable bonds is 8. The minimum atomic E-state index is -0.973. The van der Waals surface area contributed by atoms with Crippen molar-refractivity contribution in [3.8, 4) is 11.5 Å². The van der Waals surface area contributed by atoms with Crippen LogP contribution in [0.3, 0.4) is 0 Å². The van der Waals surface area contributed by atoms with E-state index in [4.69, 9.17) is 9.47 Å². The third-order valence-electron chi connectivity index (χ3n) is 4.75. The molecule has 2 unspecified atom stereocenters. The van der Waals surface area contributed by atoms with Crippen LogP contribution >= 0.6 is 11.8 Å². The van der Waals surface area contributed by atoms with Crippen molar-refractivity contribution in [2.24, 2.45) is 0 Å². The number of nitrogens with zero attached hydrogens (tertiary/aromatic N) is 1. The van der Waals surface area contributed by atoms with Crippen LogP contribution in [0.25, 0.3) is 0 Å². The van der Waals surface area contributed by atoms with E-state index in [2.05, 4.69) is 0 Å². The van der Waals surface area contributed by atoms with Crippen molar-refractivity contribution in [1.29, 1.82) is 0 Å². The van der Waals surface area contributed by atoms with Crippen molar-refractivity contribution in [3.05, 3.63) is 59.7 Å². The Kier molecular flexibility index (Phi) is 7.04. The summed E-state index contributed by atoms with van der Waals surface area (Å²) in [5, 5.41) is 9.18. The second-order valence-corrected chi connectivity index (χ2v) is 7.89. The van der Waals surface area contributed by atoms with Gasteiger partial charge in [0.2, 0.25) is 5.91 Å². The Bertz CT molecular complexity index is 858. The van der Waals surface area contributed by atoms with Crippen LogP contribution < -0.4 is 9.47 Å². The number of hydrogen-bond donors (Lipinski definition) is 1. The van der Waals surface area contributed by atoms with Crippen LogP contribution in [-0.4, -0.2) is 40.8 Å². The fourth-order valence-electron chi connectivity index (χ4n) is 3.29. The fraction of sp³-hybridized carbons (Fsp3) is 0.364. The number of amides is 1. The van der Waals surface area contributed by atoms with Gasteiger partial charge in [-0.3, -0.25) is 4.79 Å². The molecule has 1 heterocycles. The van der Waals surface area contributed by atoms with Gasteiger partial charge in [0, 0.05) is 12.2 Å². The van der Waals surface area contributed by atoms with Crippen molar-refractivity contribution >= 4 is 23.6 Å². The fourth-order valence-corrected chi connectivity index (χ4v) is 4.73. The molecule has 154 valence electrons. The van der Waals surface area contributed by atoms with E-state index in [0.29, 0.717) is 36.7 Å². The van der Waals surface area contributed by atoms with Gasteiger partial charge < -0.3 is 19.5 Å². The first-order valence-electron chi connectivity index (χ1n) is 9.55. The largest absolute Gasteiger partial charge is 0.493 e. The summed E-state index contributed by atoms with van der Waals surface area (Å²) in [5.41, 5.74) is 1.87. The lowest BCUT2D eigenvalue weighted by Crippen LogP contribution is -2.42. The maximum atomic E-state index is 12.6. The van der Waals surface area contributed by atoms with Gasteiger partial charge in [-0.25, -0.2) is 4.79 Å². The van der Waals surface area contributed by atoms with Crippen LogP contribution in [0.1, 0.15) is 36.3 Å². The third-order valence-corrected chi connectivity index (χ3v) is 6.07. The Morgan fingerprint density at radius 2 is 1.93 bits per heavy atom. The second-order valence-electron chi connectivity index (χ2n) is 6.78. The molecule has 0 saturated carbocycles. The van der Waals surface area contributed by atoms with Crippen LogP contribution in [0, 0.1) is 0 Å². The zero-order chi connectivity index (χ0) is 20.8. The molecule has 0 radical (unpaired) electrons. The maximum absolute atomic E-state index is 12.6. The minimum absolute atomic E-state index is 0.140. The first kappa shape index (κ1) is 21.0. The first-order valence-corrected chi connectivity index (χ1v) is 10.6. The monoisotopic (exact) mass is 415 g/mol. The lowest BCUT2D eigenvalue weighted by Gasteiger charge is -2.28. The maximum Gasteiger partial charge on any atom is 0.327 e. The predicted octanol–water partition coefficient (Wildman–Crippen LogP) is 4.10. The van der Waals surface area contributed by atoms with Gasteiger partial charge in [0.05, 0.1) is 7.11 Å². The molecule has 2 aromatic rings. The molecule has 7 heteroatoms. The van der Waals surface area contributed by atoms with E-state index in [1.54, 1.807) is 7.11 Å². The standard InChI is InChI=1S/C22H25NO5S/c1-3-7-20(24)23-17(22(25)26)14-29-21(23)16-10-11-18(19(12-16)27-2)28-13-15-8-5-4-6-9-15/h4-6,8-12,17,21H,3,7,13-14H2,1-2H3,(H,25,26). The van der Waals surface area contributed by atoms with E-state index in [-0.39, 0.29) is 11.3 Å². The molecule has 1 amide bonds. The second kappa shape index (κ2) is 9.69.